The summed E-state index contributed by atoms with van der Waals surface area (Å²) in [6.45, 7) is 0. The van der Waals surface area contributed by atoms with Crippen molar-refractivity contribution in [3.05, 3.63) is 28.2 Å². The number of benzene rings is 1. The second-order valence-corrected chi connectivity index (χ2v) is 4.87. The largest absolute Gasteiger partial charge is 0.481 e. The molecule has 17 heavy (non-hydrogen) atoms. The Kier molecular flexibility index (Phi) is 3.33. The van der Waals surface area contributed by atoms with Crippen molar-refractivity contribution in [2.24, 2.45) is 5.92 Å². The lowest BCUT2D eigenvalue weighted by atomic mass is 9.79. The molecule has 0 amide bonds. The summed E-state index contributed by atoms with van der Waals surface area (Å²) in [5, 5.41) is 11.7. The predicted octanol–water partition coefficient (Wildman–Crippen LogP) is 3.00. The fourth-order valence-electron chi connectivity index (χ4n) is 1.83. The van der Waals surface area contributed by atoms with Gasteiger partial charge in [0.15, 0.2) is 0 Å². The van der Waals surface area contributed by atoms with Crippen LogP contribution in [-0.2, 0) is 4.79 Å². The molecule has 0 aliphatic heterocycles. The van der Waals surface area contributed by atoms with E-state index < -0.39 is 23.5 Å². The van der Waals surface area contributed by atoms with E-state index in [0.29, 0.717) is 12.8 Å². The van der Waals surface area contributed by atoms with E-state index in [2.05, 4.69) is 21.2 Å². The van der Waals surface area contributed by atoms with Gasteiger partial charge in [-0.25, -0.2) is 8.78 Å². The van der Waals surface area contributed by atoms with Gasteiger partial charge in [0.1, 0.15) is 11.6 Å². The number of nitrogens with one attached hydrogen (secondary N) is 1. The summed E-state index contributed by atoms with van der Waals surface area (Å²) in [5.41, 5.74) is 0.113. The van der Waals surface area contributed by atoms with Crippen molar-refractivity contribution in [3.8, 4) is 0 Å². The molecule has 3 nitrogen and oxygen atoms in total. The molecule has 0 aromatic heterocycles. The van der Waals surface area contributed by atoms with Crippen molar-refractivity contribution in [1.29, 1.82) is 0 Å². The third-order valence-electron chi connectivity index (χ3n) is 2.93. The Labute approximate surface area is 105 Å². The van der Waals surface area contributed by atoms with E-state index in [1.54, 1.807) is 0 Å². The number of aliphatic carboxylic acids is 1. The summed E-state index contributed by atoms with van der Waals surface area (Å²) in [7, 11) is 0. The number of halogens is 3. The van der Waals surface area contributed by atoms with Crippen LogP contribution < -0.4 is 5.32 Å². The number of hydrogen-bond acceptors (Lipinski definition) is 2. The van der Waals surface area contributed by atoms with Crippen molar-refractivity contribution < 1.29 is 18.7 Å². The molecule has 0 spiro atoms. The Hall–Kier alpha value is -1.17. The summed E-state index contributed by atoms with van der Waals surface area (Å²) in [4.78, 5) is 10.8. The third kappa shape index (κ3) is 2.41. The zero-order valence-electron chi connectivity index (χ0n) is 8.71. The maximum Gasteiger partial charge on any atom is 0.308 e. The van der Waals surface area contributed by atoms with Gasteiger partial charge in [-0.15, -0.1) is 0 Å². The molecule has 0 radical (unpaired) electrons. The highest BCUT2D eigenvalue weighted by molar-refractivity contribution is 9.10. The Morgan fingerprint density at radius 2 is 2.12 bits per heavy atom. The average molecular weight is 306 g/mol. The molecule has 1 aliphatic rings. The second kappa shape index (κ2) is 4.60. The van der Waals surface area contributed by atoms with Crippen LogP contribution in [0.25, 0.3) is 0 Å². The molecule has 0 saturated heterocycles. The lowest BCUT2D eigenvalue weighted by molar-refractivity contribution is -0.144. The SMILES string of the molecule is O=C(O)C1CCC1Nc1c(F)cc(F)cc1Br. The van der Waals surface area contributed by atoms with Crippen LogP contribution in [0.4, 0.5) is 14.5 Å². The molecule has 1 saturated carbocycles. The molecular weight excluding hydrogens is 296 g/mol. The Balaban J connectivity index is 2.17. The number of carboxylic acids is 1. The van der Waals surface area contributed by atoms with E-state index >= 15 is 0 Å². The van der Waals surface area contributed by atoms with Gasteiger partial charge >= 0.3 is 5.97 Å². The first-order valence-corrected chi connectivity index (χ1v) is 5.92. The van der Waals surface area contributed by atoms with E-state index in [1.807, 2.05) is 0 Å². The molecule has 2 N–H and O–H groups in total. The predicted molar refractivity (Wildman–Crippen MR) is 61.8 cm³/mol. The minimum absolute atomic E-state index is 0.113. The first-order valence-electron chi connectivity index (χ1n) is 5.13. The number of carbonyl (C=O) groups is 1. The maximum absolute atomic E-state index is 13.5. The highest BCUT2D eigenvalue weighted by Crippen LogP contribution is 2.34. The van der Waals surface area contributed by atoms with Crippen LogP contribution in [0, 0.1) is 17.6 Å². The molecule has 0 heterocycles. The van der Waals surface area contributed by atoms with Gasteiger partial charge in [-0.2, -0.15) is 0 Å². The van der Waals surface area contributed by atoms with Crippen molar-refractivity contribution in [2.75, 3.05) is 5.32 Å². The quantitative estimate of drug-likeness (QED) is 0.902. The normalized spacial score (nSPS) is 23.0. The van der Waals surface area contributed by atoms with E-state index in [1.165, 1.54) is 0 Å². The van der Waals surface area contributed by atoms with E-state index in [4.69, 9.17) is 5.11 Å². The first kappa shape index (κ1) is 12.3. The summed E-state index contributed by atoms with van der Waals surface area (Å²) in [6, 6.07) is 1.60. The van der Waals surface area contributed by atoms with Gasteiger partial charge in [-0.1, -0.05) is 0 Å². The first-order chi connectivity index (χ1) is 7.99. The molecule has 1 aromatic rings. The van der Waals surface area contributed by atoms with Gasteiger partial charge in [-0.3, -0.25) is 4.79 Å². The number of anilines is 1. The fourth-order valence-corrected chi connectivity index (χ4v) is 2.36. The van der Waals surface area contributed by atoms with Crippen LogP contribution in [0.3, 0.4) is 0 Å². The van der Waals surface area contributed by atoms with E-state index in [9.17, 15) is 13.6 Å². The number of rotatable bonds is 3. The summed E-state index contributed by atoms with van der Waals surface area (Å²) in [6.07, 6.45) is 1.24. The van der Waals surface area contributed by atoms with Gasteiger partial charge in [0.25, 0.3) is 0 Å². The van der Waals surface area contributed by atoms with Crippen LogP contribution in [0.15, 0.2) is 16.6 Å². The third-order valence-corrected chi connectivity index (χ3v) is 3.55. The minimum Gasteiger partial charge on any atom is -0.481 e. The molecule has 2 rings (SSSR count). The lowest BCUT2D eigenvalue weighted by Crippen LogP contribution is -2.43. The zero-order chi connectivity index (χ0) is 12.6. The Morgan fingerprint density at radius 1 is 1.41 bits per heavy atom. The Bertz CT molecular complexity index is 444. The smallest absolute Gasteiger partial charge is 0.308 e. The molecule has 1 aromatic carbocycles. The topological polar surface area (TPSA) is 49.3 Å². The number of carboxylic acid groups (broad SMARTS) is 1. The second-order valence-electron chi connectivity index (χ2n) is 4.02. The zero-order valence-corrected chi connectivity index (χ0v) is 10.3. The van der Waals surface area contributed by atoms with Crippen molar-refractivity contribution in [2.45, 2.75) is 18.9 Å². The average Bonchev–Trinajstić information content (AvgIpc) is 2.12. The number of hydrogen-bond donors (Lipinski definition) is 2. The van der Waals surface area contributed by atoms with E-state index in [-0.39, 0.29) is 16.2 Å². The molecule has 1 fully saturated rings. The Morgan fingerprint density at radius 3 is 2.59 bits per heavy atom. The summed E-state index contributed by atoms with van der Waals surface area (Å²) in [5.74, 6) is -2.81. The molecule has 92 valence electrons. The van der Waals surface area contributed by atoms with Gasteiger partial charge in [-0.05, 0) is 34.8 Å². The highest BCUT2D eigenvalue weighted by atomic mass is 79.9. The summed E-state index contributed by atoms with van der Waals surface area (Å²) >= 11 is 3.05. The molecule has 6 heteroatoms. The van der Waals surface area contributed by atoms with Crippen LogP contribution in [-0.4, -0.2) is 17.1 Å². The molecular formula is C11H10BrF2NO2. The lowest BCUT2D eigenvalue weighted by Gasteiger charge is -2.35. The molecule has 1 aliphatic carbocycles. The van der Waals surface area contributed by atoms with Crippen molar-refractivity contribution >= 4 is 27.6 Å². The standard InChI is InChI=1S/C11H10BrF2NO2/c12-7-3-5(13)4-8(14)10(7)15-9-2-1-6(9)11(16)17/h3-4,6,9,15H,1-2H2,(H,16,17). The molecule has 2 unspecified atom stereocenters. The van der Waals surface area contributed by atoms with Gasteiger partial charge < -0.3 is 10.4 Å². The summed E-state index contributed by atoms with van der Waals surface area (Å²) < 4.78 is 26.6. The van der Waals surface area contributed by atoms with Gasteiger partial charge in [0.05, 0.1) is 11.6 Å². The van der Waals surface area contributed by atoms with Gasteiger partial charge in [0.2, 0.25) is 0 Å². The molecule has 0 bridgehead atoms. The van der Waals surface area contributed by atoms with Crippen LogP contribution >= 0.6 is 15.9 Å². The fraction of sp³-hybridized carbons (Fsp3) is 0.364. The minimum atomic E-state index is -0.896. The monoisotopic (exact) mass is 305 g/mol. The maximum atomic E-state index is 13.5. The van der Waals surface area contributed by atoms with Crippen molar-refractivity contribution in [3.63, 3.8) is 0 Å². The van der Waals surface area contributed by atoms with Crippen LogP contribution in [0.2, 0.25) is 0 Å². The molecule has 2 atom stereocenters. The van der Waals surface area contributed by atoms with Crippen molar-refractivity contribution in [1.82, 2.24) is 0 Å². The highest BCUT2D eigenvalue weighted by Gasteiger charge is 2.37. The van der Waals surface area contributed by atoms with Gasteiger partial charge in [0, 0.05) is 16.6 Å². The van der Waals surface area contributed by atoms with Crippen LogP contribution in [0.5, 0.6) is 0 Å². The van der Waals surface area contributed by atoms with Crippen LogP contribution in [0.1, 0.15) is 12.8 Å². The van der Waals surface area contributed by atoms with E-state index in [0.717, 1.165) is 12.1 Å².